The second kappa shape index (κ2) is 9.46. The highest BCUT2D eigenvalue weighted by atomic mass is 32.1. The van der Waals surface area contributed by atoms with Crippen molar-refractivity contribution in [2.45, 2.75) is 40.0 Å². The Kier molecular flexibility index (Phi) is 6.90. The van der Waals surface area contributed by atoms with Crippen molar-refractivity contribution >= 4 is 38.5 Å². The van der Waals surface area contributed by atoms with Gasteiger partial charge in [0.1, 0.15) is 0 Å². The van der Waals surface area contributed by atoms with Crippen LogP contribution in [0.15, 0.2) is 36.4 Å². The maximum atomic E-state index is 14.1. The van der Waals surface area contributed by atoms with Gasteiger partial charge in [-0.15, -0.1) is 22.7 Å². The van der Waals surface area contributed by atoms with Gasteiger partial charge in [-0.25, -0.2) is 0 Å². The maximum absolute atomic E-state index is 14.1. The highest BCUT2D eigenvalue weighted by molar-refractivity contribution is 7.17. The van der Waals surface area contributed by atoms with E-state index in [2.05, 4.69) is 0 Å². The van der Waals surface area contributed by atoms with E-state index in [1.165, 1.54) is 12.1 Å². The van der Waals surface area contributed by atoms with E-state index >= 15 is 0 Å². The van der Waals surface area contributed by atoms with E-state index in [1.54, 1.807) is 27.7 Å². The van der Waals surface area contributed by atoms with Gasteiger partial charge in [0, 0.05) is 32.0 Å². The van der Waals surface area contributed by atoms with Gasteiger partial charge in [0.15, 0.2) is 5.78 Å². The van der Waals surface area contributed by atoms with Crippen LogP contribution in [-0.2, 0) is 12.4 Å². The SMILES string of the molecule is Cc1sc(N)c(-c2ccc(C(=O)c3ccc(-c4c(N)sc(C)c4C)c(C(F)(F)F)c3)cc2C(F)(F)F)c1C. The van der Waals surface area contributed by atoms with Crippen LogP contribution in [0.2, 0.25) is 0 Å². The van der Waals surface area contributed by atoms with E-state index in [4.69, 9.17) is 11.5 Å². The summed E-state index contributed by atoms with van der Waals surface area (Å²) in [7, 11) is 0. The van der Waals surface area contributed by atoms with Crippen molar-refractivity contribution in [2.75, 3.05) is 11.5 Å². The molecule has 0 radical (unpaired) electrons. The Morgan fingerprint density at radius 1 is 0.658 bits per heavy atom. The van der Waals surface area contributed by atoms with Crippen LogP contribution in [0.4, 0.5) is 36.3 Å². The van der Waals surface area contributed by atoms with Gasteiger partial charge in [-0.3, -0.25) is 4.79 Å². The van der Waals surface area contributed by atoms with Crippen LogP contribution in [0, 0.1) is 27.7 Å². The molecular weight excluding hydrogens is 546 g/mol. The molecule has 0 bridgehead atoms. The van der Waals surface area contributed by atoms with E-state index in [0.29, 0.717) is 23.3 Å². The molecule has 0 saturated heterocycles. The Hall–Kier alpha value is -3.31. The van der Waals surface area contributed by atoms with Crippen molar-refractivity contribution in [1.29, 1.82) is 0 Å². The Balaban J connectivity index is 1.86. The first-order valence-corrected chi connectivity index (χ1v) is 12.8. The molecule has 0 aliphatic rings. The first-order valence-electron chi connectivity index (χ1n) is 11.2. The lowest BCUT2D eigenvalue weighted by atomic mass is 9.91. The number of ketones is 1. The summed E-state index contributed by atoms with van der Waals surface area (Å²) in [5.41, 5.74) is 10.2. The number of carbonyl (C=O) groups is 1. The van der Waals surface area contributed by atoms with Crippen molar-refractivity contribution in [1.82, 2.24) is 0 Å². The average molecular weight is 569 g/mol. The normalized spacial score (nSPS) is 12.3. The summed E-state index contributed by atoms with van der Waals surface area (Å²) in [6.07, 6.45) is -9.68. The van der Waals surface area contributed by atoms with E-state index in [0.717, 1.165) is 44.6 Å². The van der Waals surface area contributed by atoms with Crippen LogP contribution >= 0.6 is 22.7 Å². The van der Waals surface area contributed by atoms with E-state index in [1.807, 2.05) is 0 Å². The minimum atomic E-state index is -4.84. The molecule has 0 aliphatic carbocycles. The molecule has 0 saturated carbocycles. The zero-order valence-electron chi connectivity index (χ0n) is 20.6. The molecule has 2 heterocycles. The van der Waals surface area contributed by atoms with Crippen molar-refractivity contribution in [3.8, 4) is 22.3 Å². The van der Waals surface area contributed by atoms with Gasteiger partial charge in [-0.05, 0) is 62.1 Å². The lowest BCUT2D eigenvalue weighted by molar-refractivity contribution is -0.137. The molecule has 2 aromatic heterocycles. The maximum Gasteiger partial charge on any atom is 0.417 e. The Morgan fingerprint density at radius 3 is 1.26 bits per heavy atom. The summed E-state index contributed by atoms with van der Waals surface area (Å²) in [5.74, 6) is -0.975. The number of alkyl halides is 6. The molecule has 11 heteroatoms. The number of rotatable bonds is 4. The third-order valence-corrected chi connectivity index (χ3v) is 8.61. The topological polar surface area (TPSA) is 69.1 Å². The van der Waals surface area contributed by atoms with Crippen molar-refractivity contribution in [3.63, 3.8) is 0 Å². The van der Waals surface area contributed by atoms with Crippen LogP contribution < -0.4 is 11.5 Å². The van der Waals surface area contributed by atoms with Crippen molar-refractivity contribution in [3.05, 3.63) is 79.5 Å². The first kappa shape index (κ1) is 27.7. The number of hydrogen-bond donors (Lipinski definition) is 2. The van der Waals surface area contributed by atoms with Crippen molar-refractivity contribution < 1.29 is 31.1 Å². The molecule has 0 aliphatic heterocycles. The fraction of sp³-hybridized carbons (Fsp3) is 0.222. The highest BCUT2D eigenvalue weighted by Gasteiger charge is 2.37. The highest BCUT2D eigenvalue weighted by Crippen LogP contribution is 2.46. The zero-order valence-corrected chi connectivity index (χ0v) is 22.2. The summed E-state index contributed by atoms with van der Waals surface area (Å²) in [6.45, 7) is 6.78. The van der Waals surface area contributed by atoms with Crippen LogP contribution in [0.1, 0.15) is 47.9 Å². The molecule has 0 amide bonds. The fourth-order valence-electron chi connectivity index (χ4n) is 4.42. The Bertz CT molecular complexity index is 1460. The Morgan fingerprint density at radius 2 is 1.00 bits per heavy atom. The first-order chi connectivity index (χ1) is 17.5. The summed E-state index contributed by atoms with van der Waals surface area (Å²) >= 11 is 2.31. The number of carbonyl (C=O) groups excluding carboxylic acids is 1. The van der Waals surface area contributed by atoms with Gasteiger partial charge in [0.05, 0.1) is 21.1 Å². The number of halogens is 6. The van der Waals surface area contributed by atoms with E-state index < -0.39 is 40.4 Å². The summed E-state index contributed by atoms with van der Waals surface area (Å²) in [4.78, 5) is 14.7. The zero-order chi connectivity index (χ0) is 28.3. The van der Waals surface area contributed by atoms with Gasteiger partial charge in [0.25, 0.3) is 0 Å². The molecule has 4 aromatic rings. The van der Waals surface area contributed by atoms with Crippen LogP contribution in [0.25, 0.3) is 22.3 Å². The molecule has 0 atom stereocenters. The second-order valence-corrected chi connectivity index (χ2v) is 11.4. The lowest BCUT2D eigenvalue weighted by Gasteiger charge is -2.17. The minimum absolute atomic E-state index is 0.196. The predicted octanol–water partition coefficient (Wildman–Crippen LogP) is 8.81. The molecular formula is C27H22F6N2OS2. The van der Waals surface area contributed by atoms with E-state index in [9.17, 15) is 31.1 Å². The minimum Gasteiger partial charge on any atom is -0.390 e. The molecule has 2 aromatic carbocycles. The monoisotopic (exact) mass is 568 g/mol. The smallest absolute Gasteiger partial charge is 0.390 e. The van der Waals surface area contributed by atoms with Gasteiger partial charge in [0.2, 0.25) is 0 Å². The molecule has 38 heavy (non-hydrogen) atoms. The molecule has 200 valence electrons. The molecule has 4 N–H and O–H groups in total. The van der Waals surface area contributed by atoms with Gasteiger partial charge in [-0.2, -0.15) is 26.3 Å². The number of hydrogen-bond acceptors (Lipinski definition) is 5. The molecule has 0 spiro atoms. The average Bonchev–Trinajstić information content (AvgIpc) is 3.22. The second-order valence-electron chi connectivity index (χ2n) is 8.89. The largest absolute Gasteiger partial charge is 0.417 e. The van der Waals surface area contributed by atoms with Crippen LogP contribution in [0.3, 0.4) is 0 Å². The van der Waals surface area contributed by atoms with Crippen LogP contribution in [-0.4, -0.2) is 5.78 Å². The number of nitrogen functional groups attached to an aromatic ring is 2. The van der Waals surface area contributed by atoms with Gasteiger partial charge in [-0.1, -0.05) is 24.3 Å². The van der Waals surface area contributed by atoms with Crippen molar-refractivity contribution in [2.24, 2.45) is 0 Å². The molecule has 4 rings (SSSR count). The number of anilines is 2. The summed E-state index contributed by atoms with van der Waals surface area (Å²) < 4.78 is 84.5. The molecule has 0 fully saturated rings. The summed E-state index contributed by atoms with van der Waals surface area (Å²) in [6, 6.07) is 5.94. The third-order valence-electron chi connectivity index (χ3n) is 6.54. The third kappa shape index (κ3) is 4.80. The van der Waals surface area contributed by atoms with Crippen LogP contribution in [0.5, 0.6) is 0 Å². The van der Waals surface area contributed by atoms with Gasteiger partial charge >= 0.3 is 12.4 Å². The number of thiophene rings is 2. The quantitative estimate of drug-likeness (QED) is 0.191. The van der Waals surface area contributed by atoms with Gasteiger partial charge < -0.3 is 11.5 Å². The van der Waals surface area contributed by atoms with E-state index in [-0.39, 0.29) is 32.3 Å². The number of aryl methyl sites for hydroxylation is 2. The lowest BCUT2D eigenvalue weighted by Crippen LogP contribution is -2.13. The fourth-order valence-corrected chi connectivity index (χ4v) is 6.32. The summed E-state index contributed by atoms with van der Waals surface area (Å²) in [5, 5.41) is 0.404. The predicted molar refractivity (Wildman–Crippen MR) is 141 cm³/mol. The molecule has 0 unspecified atom stereocenters. The Labute approximate surface area is 222 Å². The number of nitrogens with two attached hydrogens (primary N) is 2. The number of benzene rings is 2. The molecule has 3 nitrogen and oxygen atoms in total. The standard InChI is InChI=1S/C27H22F6N2OS2/c1-11-13(3)37-24(34)21(11)17-7-5-15(9-19(17)26(28,29)30)23(36)16-6-8-18(20(10-16)27(31,32)33)22-12(2)14(4)38-25(22)35/h5-10H,34-35H2,1-4H3.